The van der Waals surface area contributed by atoms with Crippen LogP contribution in [0.25, 0.3) is 0 Å². The van der Waals surface area contributed by atoms with Crippen LogP contribution in [0.2, 0.25) is 0 Å². The molecule has 0 atom stereocenters. The number of Topliss-reactive ketones (excluding diaryl/α,β-unsaturated/α-hetero) is 1. The van der Waals surface area contributed by atoms with Crippen LogP contribution in [0.15, 0.2) is 24.3 Å². The van der Waals surface area contributed by atoms with Gasteiger partial charge in [-0.05, 0) is 24.8 Å². The summed E-state index contributed by atoms with van der Waals surface area (Å²) in [6.45, 7) is 0.935. The highest BCUT2D eigenvalue weighted by Crippen LogP contribution is 2.44. The third-order valence-electron chi connectivity index (χ3n) is 4.26. The molecule has 1 aliphatic carbocycles. The molecule has 0 saturated carbocycles. The van der Waals surface area contributed by atoms with Gasteiger partial charge in [0.15, 0.2) is 5.78 Å². The van der Waals surface area contributed by atoms with Gasteiger partial charge in [0.2, 0.25) is 0 Å². The van der Waals surface area contributed by atoms with Gasteiger partial charge in [-0.25, -0.2) is 4.79 Å². The first-order valence-corrected chi connectivity index (χ1v) is 6.23. The van der Waals surface area contributed by atoms with Gasteiger partial charge >= 0.3 is 6.09 Å². The summed E-state index contributed by atoms with van der Waals surface area (Å²) in [5.41, 5.74) is 1.61. The van der Waals surface area contributed by atoms with E-state index < -0.39 is 6.09 Å². The van der Waals surface area contributed by atoms with Crippen LogP contribution in [0.5, 0.6) is 0 Å². The number of carbonyl (C=O) groups is 2. The molecule has 18 heavy (non-hydrogen) atoms. The van der Waals surface area contributed by atoms with Gasteiger partial charge in [0.25, 0.3) is 0 Å². The van der Waals surface area contributed by atoms with Crippen molar-refractivity contribution in [2.75, 3.05) is 13.1 Å². The highest BCUT2D eigenvalue weighted by atomic mass is 16.4. The smallest absolute Gasteiger partial charge is 0.407 e. The molecule has 1 spiro atoms. The van der Waals surface area contributed by atoms with E-state index in [1.54, 1.807) is 0 Å². The fourth-order valence-corrected chi connectivity index (χ4v) is 3.16. The summed E-state index contributed by atoms with van der Waals surface area (Å²) in [5, 5.41) is 8.95. The van der Waals surface area contributed by atoms with Crippen molar-refractivity contribution in [1.29, 1.82) is 0 Å². The summed E-state index contributed by atoms with van der Waals surface area (Å²) in [6, 6.07) is 7.74. The highest BCUT2D eigenvalue weighted by molar-refractivity contribution is 6.05. The molecule has 94 valence electrons. The zero-order valence-corrected chi connectivity index (χ0v) is 10.1. The maximum atomic E-state index is 12.5. The van der Waals surface area contributed by atoms with E-state index in [1.165, 1.54) is 4.90 Å². The lowest BCUT2D eigenvalue weighted by Gasteiger charge is -2.36. The van der Waals surface area contributed by atoms with Gasteiger partial charge in [-0.2, -0.15) is 0 Å². The molecule has 4 nitrogen and oxygen atoms in total. The Morgan fingerprint density at radius 3 is 2.50 bits per heavy atom. The Kier molecular flexibility index (Phi) is 2.40. The molecular formula is C14H15NO3. The fourth-order valence-electron chi connectivity index (χ4n) is 3.16. The molecule has 1 N–H and O–H groups in total. The molecule has 1 amide bonds. The molecule has 1 saturated heterocycles. The van der Waals surface area contributed by atoms with Crippen molar-refractivity contribution in [2.45, 2.75) is 19.3 Å². The summed E-state index contributed by atoms with van der Waals surface area (Å²) in [4.78, 5) is 24.8. The quantitative estimate of drug-likeness (QED) is 0.762. The number of hydrogen-bond acceptors (Lipinski definition) is 2. The maximum absolute atomic E-state index is 12.5. The monoisotopic (exact) mass is 245 g/mol. The van der Waals surface area contributed by atoms with Crippen molar-refractivity contribution in [1.82, 2.24) is 4.90 Å². The molecule has 1 aliphatic heterocycles. The predicted molar refractivity (Wildman–Crippen MR) is 65.7 cm³/mol. The number of likely N-dealkylation sites (tertiary alicyclic amines) is 1. The van der Waals surface area contributed by atoms with Crippen LogP contribution in [-0.2, 0) is 6.42 Å². The van der Waals surface area contributed by atoms with Gasteiger partial charge < -0.3 is 10.0 Å². The molecule has 1 aromatic carbocycles. The molecule has 0 aromatic heterocycles. The van der Waals surface area contributed by atoms with Crippen LogP contribution in [0.3, 0.4) is 0 Å². The number of piperidine rings is 1. The third-order valence-corrected chi connectivity index (χ3v) is 4.26. The summed E-state index contributed by atoms with van der Waals surface area (Å²) in [7, 11) is 0. The Balaban J connectivity index is 1.84. The first-order valence-electron chi connectivity index (χ1n) is 6.23. The van der Waals surface area contributed by atoms with E-state index in [-0.39, 0.29) is 11.2 Å². The first kappa shape index (κ1) is 11.3. The lowest BCUT2D eigenvalue weighted by atomic mass is 9.75. The molecular weight excluding hydrogens is 230 g/mol. The molecule has 0 radical (unpaired) electrons. The lowest BCUT2D eigenvalue weighted by Crippen LogP contribution is -2.45. The van der Waals surface area contributed by atoms with Crippen LogP contribution in [-0.4, -0.2) is 35.0 Å². The van der Waals surface area contributed by atoms with Gasteiger partial charge in [0, 0.05) is 24.1 Å². The standard InChI is InChI=1S/C14H15NO3/c16-12-11-4-2-1-3-10(11)9-14(12)5-7-15(8-6-14)13(17)18/h1-4H,5-9H2,(H,17,18). The van der Waals surface area contributed by atoms with Gasteiger partial charge in [0.05, 0.1) is 0 Å². The van der Waals surface area contributed by atoms with Crippen LogP contribution >= 0.6 is 0 Å². The summed E-state index contributed by atoms with van der Waals surface area (Å²) in [5.74, 6) is 0.211. The number of rotatable bonds is 0. The zero-order chi connectivity index (χ0) is 12.8. The zero-order valence-electron chi connectivity index (χ0n) is 10.1. The highest BCUT2D eigenvalue weighted by Gasteiger charge is 2.47. The average molecular weight is 245 g/mol. The second-order valence-electron chi connectivity index (χ2n) is 5.21. The van der Waals surface area contributed by atoms with Crippen molar-refractivity contribution >= 4 is 11.9 Å². The Morgan fingerprint density at radius 1 is 1.22 bits per heavy atom. The molecule has 1 heterocycles. The van der Waals surface area contributed by atoms with E-state index in [0.717, 1.165) is 17.5 Å². The van der Waals surface area contributed by atoms with E-state index >= 15 is 0 Å². The number of nitrogens with zero attached hydrogens (tertiary/aromatic N) is 1. The summed E-state index contributed by atoms with van der Waals surface area (Å²) >= 11 is 0. The van der Waals surface area contributed by atoms with Crippen molar-refractivity contribution in [3.05, 3.63) is 35.4 Å². The van der Waals surface area contributed by atoms with Crippen LogP contribution in [0.4, 0.5) is 4.79 Å². The first-order chi connectivity index (χ1) is 8.62. The van der Waals surface area contributed by atoms with Crippen LogP contribution in [0, 0.1) is 5.41 Å². The largest absolute Gasteiger partial charge is 0.465 e. The molecule has 3 rings (SSSR count). The Bertz CT molecular complexity index is 516. The normalized spacial score (nSPS) is 21.1. The van der Waals surface area contributed by atoms with E-state index in [9.17, 15) is 9.59 Å². The number of carboxylic acid groups (broad SMARTS) is 1. The SMILES string of the molecule is O=C(O)N1CCC2(CC1)Cc1ccccc1C2=O. The molecule has 0 bridgehead atoms. The van der Waals surface area contributed by atoms with Crippen LogP contribution < -0.4 is 0 Å². The van der Waals surface area contributed by atoms with Crippen molar-refractivity contribution in [3.8, 4) is 0 Å². The Labute approximate surface area is 105 Å². The van der Waals surface area contributed by atoms with Gasteiger partial charge in [-0.15, -0.1) is 0 Å². The topological polar surface area (TPSA) is 57.6 Å². The van der Waals surface area contributed by atoms with Gasteiger partial charge in [0.1, 0.15) is 0 Å². The number of amides is 1. The fraction of sp³-hybridized carbons (Fsp3) is 0.429. The van der Waals surface area contributed by atoms with Crippen molar-refractivity contribution in [2.24, 2.45) is 5.41 Å². The van der Waals surface area contributed by atoms with Crippen LogP contribution in [0.1, 0.15) is 28.8 Å². The van der Waals surface area contributed by atoms with Crippen molar-refractivity contribution < 1.29 is 14.7 Å². The number of benzene rings is 1. The second-order valence-corrected chi connectivity index (χ2v) is 5.21. The molecule has 4 heteroatoms. The van der Waals surface area contributed by atoms with E-state index in [1.807, 2.05) is 24.3 Å². The molecule has 1 fully saturated rings. The third kappa shape index (κ3) is 1.52. The maximum Gasteiger partial charge on any atom is 0.407 e. The summed E-state index contributed by atoms with van der Waals surface area (Å²) in [6.07, 6.45) is 1.18. The van der Waals surface area contributed by atoms with Gasteiger partial charge in [-0.3, -0.25) is 4.79 Å². The summed E-state index contributed by atoms with van der Waals surface area (Å²) < 4.78 is 0. The number of carbonyl (C=O) groups excluding carboxylic acids is 1. The van der Waals surface area contributed by atoms with Gasteiger partial charge in [-0.1, -0.05) is 24.3 Å². The van der Waals surface area contributed by atoms with E-state index in [4.69, 9.17) is 5.11 Å². The predicted octanol–water partition coefficient (Wildman–Crippen LogP) is 2.19. The molecule has 1 aromatic rings. The molecule has 2 aliphatic rings. The average Bonchev–Trinajstić information content (AvgIpc) is 2.64. The second kappa shape index (κ2) is 3.83. The van der Waals surface area contributed by atoms with E-state index in [0.29, 0.717) is 25.9 Å². The molecule has 0 unspecified atom stereocenters. The van der Waals surface area contributed by atoms with E-state index in [2.05, 4.69) is 0 Å². The minimum atomic E-state index is -0.882. The minimum absolute atomic E-state index is 0.211. The Morgan fingerprint density at radius 2 is 1.89 bits per heavy atom. The lowest BCUT2D eigenvalue weighted by molar-refractivity contribution is 0.0621. The number of ketones is 1. The Hall–Kier alpha value is -1.84. The number of fused-ring (bicyclic) bond motifs is 1. The minimum Gasteiger partial charge on any atom is -0.465 e. The number of hydrogen-bond donors (Lipinski definition) is 1. The van der Waals surface area contributed by atoms with Crippen molar-refractivity contribution in [3.63, 3.8) is 0 Å².